The van der Waals surface area contributed by atoms with E-state index >= 15 is 0 Å². The number of benzene rings is 2. The smallest absolute Gasteiger partial charge is 0.214 e. The first-order chi connectivity index (χ1) is 12.9. The number of ether oxygens (including phenoxy) is 1. The van der Waals surface area contributed by atoms with Gasteiger partial charge >= 0.3 is 0 Å². The van der Waals surface area contributed by atoms with Crippen LogP contribution in [0.3, 0.4) is 0 Å². The third kappa shape index (κ3) is 4.38. The first-order valence-electron chi connectivity index (χ1n) is 9.10. The highest BCUT2D eigenvalue weighted by Crippen LogP contribution is 2.30. The van der Waals surface area contributed by atoms with Gasteiger partial charge in [0, 0.05) is 18.6 Å². The van der Waals surface area contributed by atoms with E-state index in [2.05, 4.69) is 10.8 Å². The molecule has 5 nitrogen and oxygen atoms in total. The number of sulfonamides is 1. The van der Waals surface area contributed by atoms with Gasteiger partial charge in [-0.15, -0.1) is 0 Å². The number of nitrogens with one attached hydrogen (secondary N) is 1. The van der Waals surface area contributed by atoms with Crippen LogP contribution in [-0.2, 0) is 14.8 Å². The van der Waals surface area contributed by atoms with Gasteiger partial charge in [0.25, 0.3) is 0 Å². The van der Waals surface area contributed by atoms with Crippen molar-refractivity contribution in [1.82, 2.24) is 4.72 Å². The number of nitriles is 1. The number of hydrogen-bond donors (Lipinski definition) is 1. The van der Waals surface area contributed by atoms with Crippen LogP contribution in [0.15, 0.2) is 48.5 Å². The molecule has 0 radical (unpaired) electrons. The zero-order valence-corrected chi connectivity index (χ0v) is 16.4. The first kappa shape index (κ1) is 19.6. The molecule has 27 heavy (non-hydrogen) atoms. The van der Waals surface area contributed by atoms with Crippen LogP contribution < -0.4 is 4.72 Å². The summed E-state index contributed by atoms with van der Waals surface area (Å²) in [6.45, 7) is 4.39. The van der Waals surface area contributed by atoms with Gasteiger partial charge in [-0.1, -0.05) is 42.5 Å². The molecule has 0 spiro atoms. The minimum absolute atomic E-state index is 0.0347. The van der Waals surface area contributed by atoms with Crippen molar-refractivity contribution in [3.8, 4) is 17.2 Å². The Bertz CT molecular complexity index is 931. The fourth-order valence-electron chi connectivity index (χ4n) is 3.30. The molecule has 1 aliphatic rings. The van der Waals surface area contributed by atoms with Crippen molar-refractivity contribution in [2.45, 2.75) is 37.5 Å². The predicted octanol–water partition coefficient (Wildman–Crippen LogP) is 3.43. The summed E-state index contributed by atoms with van der Waals surface area (Å²) in [5.74, 6) is -0.0347. The van der Waals surface area contributed by atoms with Crippen molar-refractivity contribution < 1.29 is 13.2 Å². The van der Waals surface area contributed by atoms with Crippen molar-refractivity contribution in [2.24, 2.45) is 0 Å². The molecule has 0 bridgehead atoms. The van der Waals surface area contributed by atoms with Gasteiger partial charge in [0.1, 0.15) is 0 Å². The molecule has 0 unspecified atom stereocenters. The van der Waals surface area contributed by atoms with Crippen molar-refractivity contribution >= 4 is 10.0 Å². The average molecular weight is 385 g/mol. The van der Waals surface area contributed by atoms with E-state index in [-0.39, 0.29) is 12.0 Å². The highest BCUT2D eigenvalue weighted by atomic mass is 32.2. The second-order valence-corrected chi connectivity index (χ2v) is 9.34. The van der Waals surface area contributed by atoms with Gasteiger partial charge in [0.15, 0.2) is 0 Å². The Morgan fingerprint density at radius 2 is 1.85 bits per heavy atom. The Kier molecular flexibility index (Phi) is 5.95. The van der Waals surface area contributed by atoms with Crippen LogP contribution in [0.2, 0.25) is 0 Å². The molecule has 142 valence electrons. The lowest BCUT2D eigenvalue weighted by Crippen LogP contribution is -2.46. The number of hydrogen-bond acceptors (Lipinski definition) is 4. The zero-order chi connectivity index (χ0) is 19.4. The molecule has 1 N–H and O–H groups in total. The molecule has 0 aliphatic carbocycles. The minimum atomic E-state index is -3.34. The van der Waals surface area contributed by atoms with Crippen LogP contribution in [0.1, 0.15) is 37.3 Å². The Balaban J connectivity index is 1.85. The van der Waals surface area contributed by atoms with Gasteiger partial charge in [0.2, 0.25) is 10.0 Å². The lowest BCUT2D eigenvalue weighted by molar-refractivity contribution is 0.0653. The molecule has 0 saturated carbocycles. The van der Waals surface area contributed by atoms with Crippen LogP contribution in [0.5, 0.6) is 0 Å². The molecule has 2 aromatic rings. The van der Waals surface area contributed by atoms with E-state index in [0.29, 0.717) is 25.2 Å². The van der Waals surface area contributed by atoms with E-state index in [0.717, 1.165) is 16.7 Å². The molecule has 0 amide bonds. The number of rotatable bonds is 5. The Morgan fingerprint density at radius 1 is 1.15 bits per heavy atom. The topological polar surface area (TPSA) is 79.2 Å². The standard InChI is InChI=1S/C21H24N2O3S/c1-15(2)27(24,25)23-21-11-12-26-14-20(21)17-9-7-16(8-10-17)19-6-4-3-5-18(19)13-22/h3-10,15,20-21,23H,11-12,14H2,1-2H3/t20-,21-/m0/s1. The molecule has 1 heterocycles. The van der Waals surface area contributed by atoms with Crippen molar-refractivity contribution in [1.29, 1.82) is 5.26 Å². The molecular weight excluding hydrogens is 360 g/mol. The van der Waals surface area contributed by atoms with Gasteiger partial charge in [-0.05, 0) is 43.0 Å². The van der Waals surface area contributed by atoms with Crippen molar-refractivity contribution in [2.75, 3.05) is 13.2 Å². The van der Waals surface area contributed by atoms with Gasteiger partial charge in [-0.2, -0.15) is 5.26 Å². The van der Waals surface area contributed by atoms with Crippen molar-refractivity contribution in [3.63, 3.8) is 0 Å². The van der Waals surface area contributed by atoms with Gasteiger partial charge in [0.05, 0.1) is 23.5 Å². The van der Waals surface area contributed by atoms with Crippen LogP contribution in [0.25, 0.3) is 11.1 Å². The quantitative estimate of drug-likeness (QED) is 0.857. The highest BCUT2D eigenvalue weighted by Gasteiger charge is 2.31. The molecule has 2 aromatic carbocycles. The summed E-state index contributed by atoms with van der Waals surface area (Å²) in [6.07, 6.45) is 0.648. The highest BCUT2D eigenvalue weighted by molar-refractivity contribution is 7.90. The Morgan fingerprint density at radius 3 is 2.52 bits per heavy atom. The summed E-state index contributed by atoms with van der Waals surface area (Å²) < 4.78 is 33.1. The van der Waals surface area contributed by atoms with E-state index in [9.17, 15) is 13.7 Å². The molecule has 3 rings (SSSR count). The molecule has 2 atom stereocenters. The Hall–Kier alpha value is -2.20. The summed E-state index contributed by atoms with van der Waals surface area (Å²) in [5, 5.41) is 8.83. The SMILES string of the molecule is CC(C)S(=O)(=O)N[C@H]1CCOC[C@H]1c1ccc(-c2ccccc2C#N)cc1. The van der Waals surface area contributed by atoms with Gasteiger partial charge < -0.3 is 4.74 Å². The van der Waals surface area contributed by atoms with Crippen molar-refractivity contribution in [3.05, 3.63) is 59.7 Å². The fraction of sp³-hybridized carbons (Fsp3) is 0.381. The maximum Gasteiger partial charge on any atom is 0.214 e. The minimum Gasteiger partial charge on any atom is -0.381 e. The lowest BCUT2D eigenvalue weighted by Gasteiger charge is -2.33. The normalized spacial score (nSPS) is 20.4. The maximum absolute atomic E-state index is 12.3. The summed E-state index contributed by atoms with van der Waals surface area (Å²) in [7, 11) is -3.34. The van der Waals surface area contributed by atoms with Crippen LogP contribution in [0.4, 0.5) is 0 Å². The summed E-state index contributed by atoms with van der Waals surface area (Å²) in [6, 6.07) is 17.5. The number of nitrogens with zero attached hydrogens (tertiary/aromatic N) is 1. The summed E-state index contributed by atoms with van der Waals surface area (Å²) in [4.78, 5) is 0. The van der Waals surface area contributed by atoms with Crippen LogP contribution in [-0.4, -0.2) is 32.9 Å². The van der Waals surface area contributed by atoms with E-state index in [1.807, 2.05) is 42.5 Å². The van der Waals surface area contributed by atoms with Crippen LogP contribution in [0, 0.1) is 11.3 Å². The van der Waals surface area contributed by atoms with Gasteiger partial charge in [-0.3, -0.25) is 0 Å². The predicted molar refractivity (Wildman–Crippen MR) is 106 cm³/mol. The van der Waals surface area contributed by atoms with Gasteiger partial charge in [-0.25, -0.2) is 13.1 Å². The third-order valence-corrected chi connectivity index (χ3v) is 6.86. The van der Waals surface area contributed by atoms with E-state index in [1.165, 1.54) is 0 Å². The third-order valence-electron chi connectivity index (χ3n) is 4.99. The maximum atomic E-state index is 12.3. The molecule has 1 fully saturated rings. The monoisotopic (exact) mass is 384 g/mol. The average Bonchev–Trinajstić information content (AvgIpc) is 2.68. The summed E-state index contributed by atoms with van der Waals surface area (Å²) in [5.41, 5.74) is 3.52. The molecule has 6 heteroatoms. The molecule has 1 aliphatic heterocycles. The second kappa shape index (κ2) is 8.22. The molecule has 0 aromatic heterocycles. The van der Waals surface area contributed by atoms with E-state index < -0.39 is 15.3 Å². The second-order valence-electron chi connectivity index (χ2n) is 7.07. The lowest BCUT2D eigenvalue weighted by atomic mass is 9.88. The summed E-state index contributed by atoms with van der Waals surface area (Å²) >= 11 is 0. The zero-order valence-electron chi connectivity index (χ0n) is 15.6. The fourth-order valence-corrected chi connectivity index (χ4v) is 4.27. The molecular formula is C21H24N2O3S. The first-order valence-corrected chi connectivity index (χ1v) is 10.7. The van der Waals surface area contributed by atoms with E-state index in [1.54, 1.807) is 19.9 Å². The molecule has 1 saturated heterocycles. The van der Waals surface area contributed by atoms with E-state index in [4.69, 9.17) is 4.74 Å². The largest absolute Gasteiger partial charge is 0.381 e. The van der Waals surface area contributed by atoms with Crippen LogP contribution >= 0.6 is 0 Å². The Labute approximate surface area is 161 Å².